The van der Waals surface area contributed by atoms with Crippen LogP contribution in [0.25, 0.3) is 12.2 Å². The van der Waals surface area contributed by atoms with Crippen molar-refractivity contribution in [3.05, 3.63) is 79.8 Å². The van der Waals surface area contributed by atoms with E-state index in [1.54, 1.807) is 48.6 Å². The highest BCUT2D eigenvalue weighted by atomic mass is 35.5. The Hall–Kier alpha value is -1.98. The van der Waals surface area contributed by atoms with Crippen molar-refractivity contribution in [2.75, 3.05) is 0 Å². The molecule has 3 fully saturated rings. The lowest BCUT2D eigenvalue weighted by molar-refractivity contribution is -0.144. The molecule has 0 radical (unpaired) electrons. The van der Waals surface area contributed by atoms with Crippen LogP contribution in [0.15, 0.2) is 48.6 Å². The molecule has 2 amide bonds. The predicted molar refractivity (Wildman–Crippen MR) is 127 cm³/mol. The van der Waals surface area contributed by atoms with E-state index in [1.165, 1.54) is 12.2 Å². The fourth-order valence-electron chi connectivity index (χ4n) is 4.24. The fraction of sp³-hybridized carbons (Fsp3) is 0.217. The number of halogens is 4. The van der Waals surface area contributed by atoms with Crippen LogP contribution in [0.5, 0.6) is 0 Å². The summed E-state index contributed by atoms with van der Waals surface area (Å²) in [6.45, 7) is 0. The summed E-state index contributed by atoms with van der Waals surface area (Å²) >= 11 is 23.8. The maximum absolute atomic E-state index is 12.3. The third-order valence-electron chi connectivity index (χ3n) is 5.55. The Morgan fingerprint density at radius 1 is 0.677 bits per heavy atom. The number of amides is 2. The molecule has 2 aromatic rings. The number of carbonyl (C=O) groups is 2. The second-order valence-electron chi connectivity index (χ2n) is 8.08. The third-order valence-corrected chi connectivity index (χ3v) is 7.03. The number of nitrogens with one attached hydrogen (secondary N) is 2. The van der Waals surface area contributed by atoms with E-state index in [4.69, 9.17) is 46.4 Å². The first-order chi connectivity index (χ1) is 14.7. The zero-order valence-electron chi connectivity index (χ0n) is 16.2. The number of carbonyl (C=O) groups excluding carboxylic acids is 2. The average molecular weight is 496 g/mol. The predicted octanol–water partition coefficient (Wildman–Crippen LogP) is 5.93. The minimum atomic E-state index is -0.236. The first-order valence-corrected chi connectivity index (χ1v) is 11.1. The molecule has 0 spiro atoms. The normalized spacial score (nSPS) is 24.0. The van der Waals surface area contributed by atoms with Crippen LogP contribution in [0.4, 0.5) is 0 Å². The minimum Gasteiger partial charge on any atom is -0.347 e. The van der Waals surface area contributed by atoms with Crippen LogP contribution in [0.3, 0.4) is 0 Å². The molecule has 0 atom stereocenters. The largest absolute Gasteiger partial charge is 0.347 e. The second-order valence-corrected chi connectivity index (χ2v) is 9.71. The van der Waals surface area contributed by atoms with Crippen LogP contribution >= 0.6 is 46.4 Å². The van der Waals surface area contributed by atoms with E-state index in [0.717, 1.165) is 30.4 Å². The maximum Gasteiger partial charge on any atom is 0.244 e. The highest BCUT2D eigenvalue weighted by molar-refractivity contribution is 6.42. The van der Waals surface area contributed by atoms with E-state index in [-0.39, 0.29) is 22.9 Å². The molecule has 0 heterocycles. The van der Waals surface area contributed by atoms with E-state index in [1.807, 2.05) is 0 Å². The van der Waals surface area contributed by atoms with Gasteiger partial charge in [0.05, 0.1) is 20.1 Å². The molecule has 4 nitrogen and oxygen atoms in total. The Balaban J connectivity index is 1.25. The van der Waals surface area contributed by atoms with Crippen molar-refractivity contribution in [3.8, 4) is 0 Å². The van der Waals surface area contributed by atoms with Crippen molar-refractivity contribution in [2.45, 2.75) is 30.3 Å². The minimum absolute atomic E-state index is 0.176. The number of benzene rings is 2. The molecule has 3 aliphatic carbocycles. The summed E-state index contributed by atoms with van der Waals surface area (Å²) in [6.07, 6.45) is 8.50. The molecule has 8 heteroatoms. The molecule has 3 saturated carbocycles. The van der Waals surface area contributed by atoms with E-state index in [0.29, 0.717) is 20.1 Å². The first kappa shape index (κ1) is 22.2. The highest BCUT2D eigenvalue weighted by Gasteiger charge is 2.69. The van der Waals surface area contributed by atoms with Gasteiger partial charge in [-0.1, -0.05) is 58.5 Å². The smallest absolute Gasteiger partial charge is 0.244 e. The van der Waals surface area contributed by atoms with Crippen molar-refractivity contribution in [2.24, 2.45) is 0 Å². The molecule has 0 aromatic heterocycles. The molecule has 2 aromatic carbocycles. The van der Waals surface area contributed by atoms with Crippen LogP contribution < -0.4 is 10.6 Å². The third kappa shape index (κ3) is 4.93. The SMILES string of the molecule is O=C(C=Cc1ccc(Cl)c(Cl)c1)NC12CC(NC(=O)C=Cc3ccc(Cl)c(Cl)c3)(C1)C2. The number of hydrogen-bond acceptors (Lipinski definition) is 2. The zero-order valence-corrected chi connectivity index (χ0v) is 19.2. The van der Waals surface area contributed by atoms with Gasteiger partial charge in [0.1, 0.15) is 0 Å². The Morgan fingerprint density at radius 3 is 1.42 bits per heavy atom. The van der Waals surface area contributed by atoms with Crippen LogP contribution in [0, 0.1) is 0 Å². The topological polar surface area (TPSA) is 58.2 Å². The molecule has 3 aliphatic rings. The Morgan fingerprint density at radius 2 is 1.06 bits per heavy atom. The van der Waals surface area contributed by atoms with Gasteiger partial charge in [-0.3, -0.25) is 9.59 Å². The second kappa shape index (κ2) is 8.51. The Bertz CT molecular complexity index is 1020. The lowest BCUT2D eigenvalue weighted by Crippen LogP contribution is -2.83. The molecular formula is C23H18Cl4N2O2. The summed E-state index contributed by atoms with van der Waals surface area (Å²) in [5.41, 5.74) is 1.11. The Kier molecular flexibility index (Phi) is 6.10. The van der Waals surface area contributed by atoms with Crippen LogP contribution in [-0.4, -0.2) is 22.9 Å². The van der Waals surface area contributed by atoms with Gasteiger partial charge in [0.15, 0.2) is 0 Å². The average Bonchev–Trinajstić information content (AvgIpc) is 2.67. The van der Waals surface area contributed by atoms with E-state index in [9.17, 15) is 9.59 Å². The molecule has 0 saturated heterocycles. The summed E-state index contributed by atoms with van der Waals surface area (Å²) < 4.78 is 0. The molecule has 5 rings (SSSR count). The van der Waals surface area contributed by atoms with E-state index in [2.05, 4.69) is 10.6 Å². The first-order valence-electron chi connectivity index (χ1n) is 9.58. The number of hydrogen-bond donors (Lipinski definition) is 2. The summed E-state index contributed by atoms with van der Waals surface area (Å²) in [4.78, 5) is 24.5. The lowest BCUT2D eigenvalue weighted by Gasteiger charge is -2.70. The van der Waals surface area contributed by atoms with Gasteiger partial charge in [0.2, 0.25) is 11.8 Å². The quantitative estimate of drug-likeness (QED) is 0.487. The molecule has 160 valence electrons. The molecule has 0 aliphatic heterocycles. The van der Waals surface area contributed by atoms with E-state index >= 15 is 0 Å². The van der Waals surface area contributed by atoms with Gasteiger partial charge < -0.3 is 10.6 Å². The monoisotopic (exact) mass is 494 g/mol. The van der Waals surface area contributed by atoms with Crippen LogP contribution in [0.1, 0.15) is 30.4 Å². The van der Waals surface area contributed by atoms with Gasteiger partial charge in [-0.15, -0.1) is 0 Å². The number of rotatable bonds is 6. The molecule has 2 N–H and O–H groups in total. The lowest BCUT2D eigenvalue weighted by atomic mass is 9.44. The van der Waals surface area contributed by atoms with E-state index < -0.39 is 0 Å². The molecule has 31 heavy (non-hydrogen) atoms. The van der Waals surface area contributed by atoms with Gasteiger partial charge in [0, 0.05) is 23.2 Å². The fourth-order valence-corrected chi connectivity index (χ4v) is 4.85. The maximum atomic E-state index is 12.3. The van der Waals surface area contributed by atoms with Crippen molar-refractivity contribution in [3.63, 3.8) is 0 Å². The van der Waals surface area contributed by atoms with Gasteiger partial charge in [-0.25, -0.2) is 0 Å². The van der Waals surface area contributed by atoms with Gasteiger partial charge in [-0.2, -0.15) is 0 Å². The van der Waals surface area contributed by atoms with Crippen LogP contribution in [0.2, 0.25) is 20.1 Å². The molecule has 0 unspecified atom stereocenters. The summed E-state index contributed by atoms with van der Waals surface area (Å²) in [6, 6.07) is 10.3. The molecule has 2 bridgehead atoms. The summed E-state index contributed by atoms with van der Waals surface area (Å²) in [5, 5.41) is 7.90. The summed E-state index contributed by atoms with van der Waals surface area (Å²) in [5.74, 6) is -0.351. The summed E-state index contributed by atoms with van der Waals surface area (Å²) in [7, 11) is 0. The van der Waals surface area contributed by atoms with Crippen molar-refractivity contribution in [1.82, 2.24) is 10.6 Å². The van der Waals surface area contributed by atoms with Gasteiger partial charge >= 0.3 is 0 Å². The zero-order chi connectivity index (χ0) is 22.2. The van der Waals surface area contributed by atoms with Gasteiger partial charge in [0.25, 0.3) is 0 Å². The van der Waals surface area contributed by atoms with Crippen LogP contribution in [-0.2, 0) is 9.59 Å². The highest BCUT2D eigenvalue weighted by Crippen LogP contribution is 2.60. The van der Waals surface area contributed by atoms with Crippen molar-refractivity contribution >= 4 is 70.4 Å². The van der Waals surface area contributed by atoms with Crippen molar-refractivity contribution < 1.29 is 9.59 Å². The van der Waals surface area contributed by atoms with Crippen molar-refractivity contribution in [1.29, 1.82) is 0 Å². The Labute approximate surface area is 200 Å². The van der Waals surface area contributed by atoms with Gasteiger partial charge in [-0.05, 0) is 66.8 Å². The molecular weight excluding hydrogens is 478 g/mol. The standard InChI is InChI=1S/C23H18Cl4N2O2/c24-16-5-1-14(9-18(16)26)3-7-20(30)28-22-11-23(12-22,13-22)29-21(31)8-4-15-2-6-17(25)19(27)10-15/h1-10H,11-13H2,(H,28,30)(H,29,31).